The first-order valence-electron chi connectivity index (χ1n) is 11.6. The molecule has 3 aromatic heterocycles. The van der Waals surface area contributed by atoms with Crippen molar-refractivity contribution < 1.29 is 18.0 Å². The second-order valence-electron chi connectivity index (χ2n) is 9.09. The van der Waals surface area contributed by atoms with Gasteiger partial charge in [-0.2, -0.15) is 13.2 Å². The molecule has 4 heterocycles. The summed E-state index contributed by atoms with van der Waals surface area (Å²) in [6, 6.07) is 10.9. The number of alkyl halides is 3. The van der Waals surface area contributed by atoms with Gasteiger partial charge in [0.05, 0.1) is 17.5 Å². The average molecular weight is 515 g/mol. The Morgan fingerprint density at radius 2 is 1.83 bits per heavy atom. The van der Waals surface area contributed by atoms with Gasteiger partial charge in [-0.3, -0.25) is 9.78 Å². The molecule has 7 nitrogen and oxygen atoms in total. The monoisotopic (exact) mass is 514 g/mol. The Bertz CT molecular complexity index is 1380. The zero-order chi connectivity index (χ0) is 25.6. The van der Waals surface area contributed by atoms with Gasteiger partial charge >= 0.3 is 6.18 Å². The molecule has 1 fully saturated rings. The Hall–Kier alpha value is -3.47. The summed E-state index contributed by atoms with van der Waals surface area (Å²) in [5.41, 5.74) is 4.19. The maximum absolute atomic E-state index is 13.6. The van der Waals surface area contributed by atoms with Gasteiger partial charge in [-0.05, 0) is 50.6 Å². The molecule has 0 unspecified atom stereocenters. The topological polar surface area (TPSA) is 78.0 Å². The van der Waals surface area contributed by atoms with Gasteiger partial charge in [0.1, 0.15) is 10.7 Å². The van der Waals surface area contributed by atoms with Gasteiger partial charge in [0, 0.05) is 37.1 Å². The highest BCUT2D eigenvalue weighted by molar-refractivity contribution is 7.16. The maximum atomic E-state index is 13.6. The number of hydrogen-bond acceptors (Lipinski definition) is 6. The Morgan fingerprint density at radius 3 is 2.50 bits per heavy atom. The van der Waals surface area contributed by atoms with E-state index in [9.17, 15) is 18.0 Å². The molecule has 1 amide bonds. The highest BCUT2D eigenvalue weighted by atomic mass is 32.1. The van der Waals surface area contributed by atoms with Crippen molar-refractivity contribution in [1.29, 1.82) is 0 Å². The van der Waals surface area contributed by atoms with Crippen LogP contribution < -0.4 is 4.90 Å². The number of nitrogens with one attached hydrogen (secondary N) is 1. The van der Waals surface area contributed by atoms with Crippen LogP contribution in [-0.4, -0.2) is 56.4 Å². The van der Waals surface area contributed by atoms with Crippen LogP contribution in [0.5, 0.6) is 0 Å². The van der Waals surface area contributed by atoms with Crippen molar-refractivity contribution in [3.8, 4) is 11.5 Å². The van der Waals surface area contributed by atoms with Crippen molar-refractivity contribution >= 4 is 33.3 Å². The predicted molar refractivity (Wildman–Crippen MR) is 133 cm³/mol. The minimum Gasteiger partial charge on any atom is -0.358 e. The van der Waals surface area contributed by atoms with Crippen LogP contribution in [0.15, 0.2) is 36.4 Å². The lowest BCUT2D eigenvalue weighted by atomic mass is 10.1. The number of fused-ring (bicyclic) bond motifs is 1. The second-order valence-corrected chi connectivity index (χ2v) is 10.1. The van der Waals surface area contributed by atoms with Crippen LogP contribution in [0, 0.1) is 13.8 Å². The number of aromatic nitrogens is 4. The van der Waals surface area contributed by atoms with E-state index in [4.69, 9.17) is 0 Å². The van der Waals surface area contributed by atoms with Crippen molar-refractivity contribution in [2.24, 2.45) is 0 Å². The highest BCUT2D eigenvalue weighted by Gasteiger charge is 2.39. The number of anilines is 1. The molecule has 1 atom stereocenters. The molecule has 4 aromatic rings. The second kappa shape index (κ2) is 9.20. The van der Waals surface area contributed by atoms with Crippen LogP contribution in [0.4, 0.5) is 18.2 Å². The molecule has 0 radical (unpaired) electrons. The van der Waals surface area contributed by atoms with Crippen LogP contribution in [0.2, 0.25) is 0 Å². The number of hydrogen-bond donors (Lipinski definition) is 1. The quantitative estimate of drug-likeness (QED) is 0.415. The zero-order valence-electron chi connectivity index (χ0n) is 20.1. The van der Waals surface area contributed by atoms with Crippen LogP contribution in [0.3, 0.4) is 0 Å². The lowest BCUT2D eigenvalue weighted by Gasteiger charge is -2.40. The van der Waals surface area contributed by atoms with E-state index in [-0.39, 0.29) is 24.1 Å². The fourth-order valence-electron chi connectivity index (χ4n) is 4.68. The molecule has 1 aromatic carbocycles. The summed E-state index contributed by atoms with van der Waals surface area (Å²) < 4.78 is 40.9. The molecule has 188 valence electrons. The summed E-state index contributed by atoms with van der Waals surface area (Å²) >= 11 is 0.615. The number of amides is 1. The van der Waals surface area contributed by atoms with Gasteiger partial charge < -0.3 is 14.8 Å². The molecule has 0 saturated carbocycles. The van der Waals surface area contributed by atoms with Crippen molar-refractivity contribution in [1.82, 2.24) is 24.8 Å². The van der Waals surface area contributed by atoms with Crippen molar-refractivity contribution in [2.75, 3.05) is 24.5 Å². The van der Waals surface area contributed by atoms with Crippen LogP contribution in [0.1, 0.15) is 28.9 Å². The van der Waals surface area contributed by atoms with Crippen molar-refractivity contribution in [3.63, 3.8) is 0 Å². The number of pyridine rings is 1. The molecule has 1 aliphatic rings. The third-order valence-electron chi connectivity index (χ3n) is 6.20. The Balaban J connectivity index is 1.39. The standard InChI is InChI=1S/C25H25F3N6OS/c1-14-10-17(11-15(2)29-14)12-20(35)34-9-8-33(13-16(34)3)23-21(32-24(36-23)25(26,27)28)22-30-18-6-4-5-7-19(18)31-22/h4-7,10-11,16H,8-9,12-13H2,1-3H3,(H,30,31)/t16-/m1/s1. The molecular weight excluding hydrogens is 489 g/mol. The number of benzene rings is 1. The number of rotatable bonds is 4. The van der Waals surface area contributed by atoms with E-state index in [2.05, 4.69) is 19.9 Å². The number of para-hydroxylation sites is 2. The summed E-state index contributed by atoms with van der Waals surface area (Å²) in [6.45, 7) is 6.91. The van der Waals surface area contributed by atoms with Crippen LogP contribution >= 0.6 is 11.3 Å². The van der Waals surface area contributed by atoms with E-state index in [1.165, 1.54) is 0 Å². The minimum absolute atomic E-state index is 0.00931. The van der Waals surface area contributed by atoms with Gasteiger partial charge in [0.25, 0.3) is 0 Å². The Kier molecular flexibility index (Phi) is 6.19. The normalized spacial score (nSPS) is 16.7. The van der Waals surface area contributed by atoms with Crippen LogP contribution in [-0.2, 0) is 17.4 Å². The summed E-state index contributed by atoms with van der Waals surface area (Å²) in [4.78, 5) is 32.6. The van der Waals surface area contributed by atoms with Crippen LogP contribution in [0.25, 0.3) is 22.6 Å². The van der Waals surface area contributed by atoms with Gasteiger partial charge in [0.15, 0.2) is 5.82 Å². The average Bonchev–Trinajstić information content (AvgIpc) is 3.42. The minimum atomic E-state index is -4.56. The number of carbonyl (C=O) groups is 1. The first kappa shape index (κ1) is 24.2. The number of imidazole rings is 1. The molecule has 1 N–H and O–H groups in total. The first-order valence-corrected chi connectivity index (χ1v) is 12.4. The molecule has 36 heavy (non-hydrogen) atoms. The smallest absolute Gasteiger partial charge is 0.358 e. The summed E-state index contributed by atoms with van der Waals surface area (Å²) in [7, 11) is 0. The summed E-state index contributed by atoms with van der Waals surface area (Å²) in [5.74, 6) is 0.289. The number of nitrogens with zero attached hydrogens (tertiary/aromatic N) is 5. The molecule has 0 bridgehead atoms. The highest BCUT2D eigenvalue weighted by Crippen LogP contribution is 2.42. The third-order valence-corrected chi connectivity index (χ3v) is 7.36. The van der Waals surface area contributed by atoms with E-state index in [1.807, 2.05) is 56.0 Å². The zero-order valence-corrected chi connectivity index (χ0v) is 20.9. The molecule has 11 heteroatoms. The lowest BCUT2D eigenvalue weighted by Crippen LogP contribution is -2.54. The number of piperazine rings is 1. The van der Waals surface area contributed by atoms with E-state index in [1.54, 1.807) is 11.0 Å². The number of aryl methyl sites for hydroxylation is 2. The number of aromatic amines is 1. The fourth-order valence-corrected chi connectivity index (χ4v) is 5.65. The summed E-state index contributed by atoms with van der Waals surface area (Å²) in [5, 5.41) is -0.511. The van der Waals surface area contributed by atoms with Crippen molar-refractivity contribution in [3.05, 3.63) is 58.4 Å². The van der Waals surface area contributed by atoms with E-state index < -0.39 is 11.2 Å². The maximum Gasteiger partial charge on any atom is 0.443 e. The van der Waals surface area contributed by atoms with E-state index in [0.29, 0.717) is 47.3 Å². The number of carbonyl (C=O) groups excluding carboxylic acids is 1. The van der Waals surface area contributed by atoms with Gasteiger partial charge in [-0.1, -0.05) is 23.5 Å². The molecular formula is C25H25F3N6OS. The van der Waals surface area contributed by atoms with Crippen molar-refractivity contribution in [2.45, 2.75) is 39.4 Å². The molecule has 5 rings (SSSR count). The lowest BCUT2D eigenvalue weighted by molar-refractivity contribution is -0.137. The predicted octanol–water partition coefficient (Wildman–Crippen LogP) is 5.00. The SMILES string of the molecule is Cc1cc(CC(=O)N2CCN(c3sc(C(F)(F)F)nc3-c3nc4ccccc4[nH]3)C[C@H]2C)cc(C)n1. The largest absolute Gasteiger partial charge is 0.443 e. The van der Waals surface area contributed by atoms with E-state index >= 15 is 0 Å². The molecule has 0 aliphatic carbocycles. The molecule has 0 spiro atoms. The van der Waals surface area contributed by atoms with Gasteiger partial charge in [-0.25, -0.2) is 9.97 Å². The first-order chi connectivity index (χ1) is 17.1. The number of H-pyrrole nitrogens is 1. The van der Waals surface area contributed by atoms with Gasteiger partial charge in [-0.15, -0.1) is 0 Å². The molecule has 1 saturated heterocycles. The molecule has 1 aliphatic heterocycles. The Morgan fingerprint density at radius 1 is 1.11 bits per heavy atom. The fraction of sp³-hybridized carbons (Fsp3) is 0.360. The summed E-state index contributed by atoms with van der Waals surface area (Å²) in [6.07, 6.45) is -4.30. The number of halogens is 3. The third kappa shape index (κ3) is 4.79. The van der Waals surface area contributed by atoms with Gasteiger partial charge in [0.2, 0.25) is 10.9 Å². The number of thiazole rings is 1. The van der Waals surface area contributed by atoms with E-state index in [0.717, 1.165) is 22.5 Å². The Labute approximate surface area is 210 Å².